The second kappa shape index (κ2) is 7.81. The average molecular weight is 468 g/mol. The molecule has 0 radical (unpaired) electrons. The fourth-order valence-electron chi connectivity index (χ4n) is 3.59. The highest BCUT2D eigenvalue weighted by molar-refractivity contribution is 6.35. The Bertz CT molecular complexity index is 1470. The predicted molar refractivity (Wildman–Crippen MR) is 121 cm³/mol. The lowest BCUT2D eigenvalue weighted by Gasteiger charge is -2.17. The Morgan fingerprint density at radius 3 is 2.72 bits per heavy atom. The van der Waals surface area contributed by atoms with Crippen LogP contribution in [-0.4, -0.2) is 35.6 Å². The molecule has 5 rings (SSSR count). The van der Waals surface area contributed by atoms with Crippen LogP contribution in [0.3, 0.4) is 0 Å². The van der Waals surface area contributed by atoms with Crippen molar-refractivity contribution in [2.45, 2.75) is 13.0 Å². The molecule has 0 aliphatic rings. The number of H-pyrrole nitrogens is 1. The Labute approximate surface area is 191 Å². The van der Waals surface area contributed by atoms with Gasteiger partial charge in [-0.3, -0.25) is 10.1 Å². The van der Waals surface area contributed by atoms with E-state index in [1.54, 1.807) is 16.7 Å². The van der Waals surface area contributed by atoms with Gasteiger partial charge >= 0.3 is 5.97 Å². The average Bonchev–Trinajstić information content (AvgIpc) is 3.37. The van der Waals surface area contributed by atoms with E-state index in [9.17, 15) is 9.90 Å². The van der Waals surface area contributed by atoms with E-state index < -0.39 is 12.1 Å². The number of fused-ring (bicyclic) bond motifs is 2. The Morgan fingerprint density at radius 2 is 1.97 bits per heavy atom. The molecule has 5 aromatic rings. The van der Waals surface area contributed by atoms with Crippen molar-refractivity contribution < 1.29 is 14.6 Å². The van der Waals surface area contributed by atoms with Crippen LogP contribution in [0.5, 0.6) is 5.75 Å². The molecule has 1 aromatic carbocycles. The zero-order valence-corrected chi connectivity index (χ0v) is 18.1. The minimum atomic E-state index is -1.08. The number of benzene rings is 1. The highest BCUT2D eigenvalue weighted by atomic mass is 35.5. The number of carboxylic acid groups (broad SMARTS) is 1. The maximum Gasteiger partial charge on any atom is 0.356 e. The molecule has 160 valence electrons. The summed E-state index contributed by atoms with van der Waals surface area (Å²) in [6.45, 7) is 1.86. The maximum atomic E-state index is 11.2. The fraction of sp³-hybridized carbons (Fsp3) is 0.0909. The number of aromatic carboxylic acids is 1. The molecule has 0 fully saturated rings. The third-order valence-electron chi connectivity index (χ3n) is 5.10. The molecule has 8 nitrogen and oxygen atoms in total. The second-order valence-electron chi connectivity index (χ2n) is 7.17. The number of aromatic amines is 1. The second-order valence-corrected chi connectivity index (χ2v) is 7.98. The van der Waals surface area contributed by atoms with Gasteiger partial charge < -0.3 is 14.2 Å². The van der Waals surface area contributed by atoms with Crippen LogP contribution in [0.25, 0.3) is 27.8 Å². The number of ether oxygens (including phenoxy) is 1. The van der Waals surface area contributed by atoms with Gasteiger partial charge in [-0.25, -0.2) is 9.78 Å². The first-order chi connectivity index (χ1) is 15.4. The van der Waals surface area contributed by atoms with Crippen LogP contribution in [0.2, 0.25) is 10.0 Å². The Balaban J connectivity index is 1.51. The molecule has 4 heterocycles. The Morgan fingerprint density at radius 1 is 1.19 bits per heavy atom. The maximum absolute atomic E-state index is 11.2. The quantitative estimate of drug-likeness (QED) is 0.357. The zero-order chi connectivity index (χ0) is 22.4. The van der Waals surface area contributed by atoms with Gasteiger partial charge in [0.2, 0.25) is 0 Å². The number of nitrogens with zero attached hydrogens (tertiary/aromatic N) is 4. The lowest BCUT2D eigenvalue weighted by Crippen LogP contribution is -2.05. The molecule has 0 bridgehead atoms. The van der Waals surface area contributed by atoms with E-state index in [4.69, 9.17) is 27.9 Å². The summed E-state index contributed by atoms with van der Waals surface area (Å²) in [6, 6.07) is 9.23. The number of halogens is 2. The molecule has 0 saturated carbocycles. The summed E-state index contributed by atoms with van der Waals surface area (Å²) in [4.78, 5) is 19.3. The first-order valence-corrected chi connectivity index (χ1v) is 10.3. The first-order valence-electron chi connectivity index (χ1n) is 9.57. The SMILES string of the molecule is C[C@@H](Oc1ccc2[nH]nc(-c3ccn4cc(C(=O)O)nc4c3)c2c1)c1c(Cl)cncc1Cl. The van der Waals surface area contributed by atoms with Gasteiger partial charge in [0.1, 0.15) is 23.2 Å². The monoisotopic (exact) mass is 467 g/mol. The van der Waals surface area contributed by atoms with Crippen molar-refractivity contribution in [3.63, 3.8) is 0 Å². The smallest absolute Gasteiger partial charge is 0.356 e. The standard InChI is InChI=1S/C22H15Cl2N5O3/c1-11(20-15(23)8-25-9-16(20)24)32-13-2-3-17-14(7-13)21(28-27-17)12-4-5-29-10-18(22(30)31)26-19(29)6-12/h2-11H,1H3,(H,27,28)(H,30,31)/t11-/m1/s1. The molecule has 2 N–H and O–H groups in total. The molecule has 0 unspecified atom stereocenters. The summed E-state index contributed by atoms with van der Waals surface area (Å²) in [5.41, 5.74) is 3.47. The number of hydrogen-bond donors (Lipinski definition) is 2. The number of hydrogen-bond acceptors (Lipinski definition) is 5. The molecule has 0 amide bonds. The van der Waals surface area contributed by atoms with Gasteiger partial charge in [-0.2, -0.15) is 5.10 Å². The van der Waals surface area contributed by atoms with Crippen molar-refractivity contribution >= 4 is 45.7 Å². The molecule has 10 heteroatoms. The summed E-state index contributed by atoms with van der Waals surface area (Å²) in [5, 5.41) is 18.3. The summed E-state index contributed by atoms with van der Waals surface area (Å²) in [6.07, 6.45) is 5.87. The summed E-state index contributed by atoms with van der Waals surface area (Å²) < 4.78 is 7.76. The molecule has 1 atom stereocenters. The van der Waals surface area contributed by atoms with Crippen molar-refractivity contribution in [3.8, 4) is 17.0 Å². The van der Waals surface area contributed by atoms with Gasteiger partial charge in [0.15, 0.2) is 5.69 Å². The van der Waals surface area contributed by atoms with E-state index >= 15 is 0 Å². The minimum absolute atomic E-state index is 0.0212. The third kappa shape index (κ3) is 3.53. The van der Waals surface area contributed by atoms with Crippen LogP contribution < -0.4 is 4.74 Å². The van der Waals surface area contributed by atoms with Gasteiger partial charge in [0.05, 0.1) is 15.6 Å². The minimum Gasteiger partial charge on any atom is -0.486 e. The third-order valence-corrected chi connectivity index (χ3v) is 5.70. The van der Waals surface area contributed by atoms with Crippen molar-refractivity contribution in [2.75, 3.05) is 0 Å². The molecular weight excluding hydrogens is 453 g/mol. The van der Waals surface area contributed by atoms with Gasteiger partial charge in [-0.15, -0.1) is 0 Å². The number of nitrogens with one attached hydrogen (secondary N) is 1. The van der Waals surface area contributed by atoms with Crippen molar-refractivity contribution in [1.29, 1.82) is 0 Å². The van der Waals surface area contributed by atoms with Gasteiger partial charge in [-0.1, -0.05) is 23.2 Å². The molecule has 0 spiro atoms. The number of carbonyl (C=O) groups is 1. The summed E-state index contributed by atoms with van der Waals surface area (Å²) >= 11 is 12.5. The van der Waals surface area contributed by atoms with Crippen LogP contribution in [0.4, 0.5) is 0 Å². The molecule has 0 saturated heterocycles. The lowest BCUT2D eigenvalue weighted by molar-refractivity contribution is 0.0691. The van der Waals surface area contributed by atoms with Crippen molar-refractivity contribution in [1.82, 2.24) is 24.6 Å². The van der Waals surface area contributed by atoms with Crippen LogP contribution in [0.1, 0.15) is 29.1 Å². The molecule has 0 aliphatic carbocycles. The van der Waals surface area contributed by atoms with Gasteiger partial charge in [0, 0.05) is 41.3 Å². The molecular formula is C22H15Cl2N5O3. The van der Waals surface area contributed by atoms with E-state index in [1.807, 2.05) is 31.2 Å². The van der Waals surface area contributed by atoms with E-state index in [-0.39, 0.29) is 5.69 Å². The number of imidazole rings is 1. The number of aromatic nitrogens is 5. The number of carboxylic acids is 1. The predicted octanol–water partition coefficient (Wildman–Crippen LogP) is 5.42. The van der Waals surface area contributed by atoms with Gasteiger partial charge in [-0.05, 0) is 37.3 Å². The normalized spacial score (nSPS) is 12.3. The largest absolute Gasteiger partial charge is 0.486 e. The van der Waals surface area contributed by atoms with Crippen LogP contribution >= 0.6 is 23.2 Å². The van der Waals surface area contributed by atoms with E-state index in [2.05, 4.69) is 20.2 Å². The van der Waals surface area contributed by atoms with Gasteiger partial charge in [0.25, 0.3) is 0 Å². The fourth-order valence-corrected chi connectivity index (χ4v) is 4.26. The number of rotatable bonds is 5. The zero-order valence-electron chi connectivity index (χ0n) is 16.6. The Kier molecular flexibility index (Phi) is 4.96. The molecule has 32 heavy (non-hydrogen) atoms. The van der Waals surface area contributed by atoms with E-state index in [0.717, 1.165) is 16.5 Å². The molecule has 4 aromatic heterocycles. The van der Waals surface area contributed by atoms with Crippen molar-refractivity contribution in [3.05, 3.63) is 76.4 Å². The van der Waals surface area contributed by atoms with Crippen molar-refractivity contribution in [2.24, 2.45) is 0 Å². The van der Waals surface area contributed by atoms with Crippen LogP contribution in [0, 0.1) is 0 Å². The summed E-state index contributed by atoms with van der Waals surface area (Å²) in [5.74, 6) is -0.461. The lowest BCUT2D eigenvalue weighted by atomic mass is 10.1. The summed E-state index contributed by atoms with van der Waals surface area (Å²) in [7, 11) is 0. The van der Waals surface area contributed by atoms with E-state index in [1.165, 1.54) is 18.6 Å². The Hall–Kier alpha value is -3.62. The highest BCUT2D eigenvalue weighted by Crippen LogP contribution is 2.35. The number of pyridine rings is 2. The van der Waals surface area contributed by atoms with E-state index in [0.29, 0.717) is 32.7 Å². The van der Waals surface area contributed by atoms with Crippen LogP contribution in [-0.2, 0) is 0 Å². The topological polar surface area (TPSA) is 105 Å². The van der Waals surface area contributed by atoms with Crippen LogP contribution in [0.15, 0.2) is 55.1 Å². The molecule has 0 aliphatic heterocycles. The highest BCUT2D eigenvalue weighted by Gasteiger charge is 2.17. The first kappa shape index (κ1) is 20.3.